The Kier molecular flexibility index (Phi) is 11.0. The number of amides is 1. The van der Waals surface area contributed by atoms with Crippen molar-refractivity contribution >= 4 is 56.4 Å². The van der Waals surface area contributed by atoms with Crippen LogP contribution in [-0.2, 0) is 16.6 Å². The third-order valence-electron chi connectivity index (χ3n) is 8.27. The van der Waals surface area contributed by atoms with Crippen LogP contribution in [0.1, 0.15) is 15.9 Å². The molecule has 6 rings (SSSR count). The first kappa shape index (κ1) is 35.0. The molecule has 2 heterocycles. The van der Waals surface area contributed by atoms with Crippen molar-refractivity contribution < 1.29 is 18.1 Å². The van der Waals surface area contributed by atoms with Gasteiger partial charge >= 0.3 is 0 Å². The van der Waals surface area contributed by atoms with Crippen LogP contribution in [0, 0.1) is 10.1 Å². The zero-order valence-corrected chi connectivity index (χ0v) is 29.2. The molecule has 5 aromatic rings. The lowest BCUT2D eigenvalue weighted by atomic mass is 9.99. The highest BCUT2D eigenvalue weighted by Crippen LogP contribution is 2.29. The number of nitro benzene ring substituents is 1. The number of piperazine rings is 1. The van der Waals surface area contributed by atoms with Gasteiger partial charge in [-0.25, -0.2) is 18.1 Å². The normalized spacial score (nSPS) is 13.6. The van der Waals surface area contributed by atoms with Crippen LogP contribution < -0.4 is 14.9 Å². The van der Waals surface area contributed by atoms with Gasteiger partial charge in [0.2, 0.25) is 0 Å². The summed E-state index contributed by atoms with van der Waals surface area (Å²) in [6.45, 7) is 4.46. The Bertz CT molecular complexity index is 2050. The Balaban J connectivity index is 1.03. The molecule has 1 aliphatic rings. The van der Waals surface area contributed by atoms with E-state index in [1.54, 1.807) is 36.7 Å². The summed E-state index contributed by atoms with van der Waals surface area (Å²) in [5.41, 5.74) is 4.37. The lowest BCUT2D eigenvalue weighted by molar-refractivity contribution is -0.384. The molecule has 0 atom stereocenters. The summed E-state index contributed by atoms with van der Waals surface area (Å²) in [4.78, 5) is 35.4. The van der Waals surface area contributed by atoms with E-state index in [9.17, 15) is 23.3 Å². The Morgan fingerprint density at radius 1 is 0.980 bits per heavy atom. The van der Waals surface area contributed by atoms with E-state index in [1.165, 1.54) is 35.0 Å². The number of nitrogens with zero attached hydrogens (tertiary/aromatic N) is 4. The molecule has 0 radical (unpaired) electrons. The zero-order chi connectivity index (χ0) is 35.1. The summed E-state index contributed by atoms with van der Waals surface area (Å²) in [5, 5.41) is 16.1. The van der Waals surface area contributed by atoms with Crippen molar-refractivity contribution in [3.05, 3.63) is 130 Å². The summed E-state index contributed by atoms with van der Waals surface area (Å²) < 4.78 is 28.2. The zero-order valence-electron chi connectivity index (χ0n) is 26.8. The number of imidazole rings is 1. The van der Waals surface area contributed by atoms with Gasteiger partial charge in [-0.1, -0.05) is 59.8 Å². The van der Waals surface area contributed by atoms with Crippen molar-refractivity contribution in [3.8, 4) is 11.1 Å². The highest BCUT2D eigenvalue weighted by Gasteiger charge is 2.24. The second-order valence-electron chi connectivity index (χ2n) is 11.5. The molecule has 1 saturated heterocycles. The second kappa shape index (κ2) is 15.8. The van der Waals surface area contributed by atoms with Gasteiger partial charge in [0.05, 0.1) is 9.82 Å². The number of thioether (sulfide) groups is 1. The monoisotopic (exact) mass is 731 g/mol. The van der Waals surface area contributed by atoms with Crippen LogP contribution in [0.2, 0.25) is 5.02 Å². The molecule has 3 N–H and O–H groups in total. The SMILES string of the molecule is O=C(NS(=O)(=O)c1ccc(NCCSc2ncc[nH]2)c([N+](=O)[O-])c1)c1ccc(N2CCN(Cc3ccccc3-c3ccc(Cl)cc3)CC2)cc1. The number of benzene rings is 4. The van der Waals surface area contributed by atoms with Crippen LogP contribution in [0.3, 0.4) is 0 Å². The minimum absolute atomic E-state index is 0.150. The van der Waals surface area contributed by atoms with E-state index in [4.69, 9.17) is 11.6 Å². The number of sulfonamides is 1. The van der Waals surface area contributed by atoms with Crippen molar-refractivity contribution in [1.82, 2.24) is 19.6 Å². The number of aromatic amines is 1. The Hall–Kier alpha value is -4.89. The fraction of sp³-hybridized carbons (Fsp3) is 0.200. The number of rotatable bonds is 13. The number of aromatic nitrogens is 2. The molecule has 0 saturated carbocycles. The molecule has 0 aliphatic carbocycles. The fourth-order valence-electron chi connectivity index (χ4n) is 5.68. The molecule has 15 heteroatoms. The minimum atomic E-state index is -4.39. The van der Waals surface area contributed by atoms with Crippen LogP contribution in [0.15, 0.2) is 113 Å². The fourth-order valence-corrected chi connectivity index (χ4v) is 7.48. The summed E-state index contributed by atoms with van der Waals surface area (Å²) in [6, 6.07) is 26.5. The quantitative estimate of drug-likeness (QED) is 0.0546. The maximum atomic E-state index is 13.1. The van der Waals surface area contributed by atoms with Gasteiger partial charge in [0, 0.05) is 79.8 Å². The number of nitrogens with one attached hydrogen (secondary N) is 3. The number of carbonyl (C=O) groups is 1. The molecule has 0 spiro atoms. The topological polar surface area (TPSA) is 154 Å². The lowest BCUT2D eigenvalue weighted by Crippen LogP contribution is -2.46. The first-order valence-electron chi connectivity index (χ1n) is 15.8. The van der Waals surface area contributed by atoms with E-state index < -0.39 is 31.4 Å². The molecule has 50 heavy (non-hydrogen) atoms. The minimum Gasteiger partial charge on any atom is -0.379 e. The summed E-state index contributed by atoms with van der Waals surface area (Å²) >= 11 is 7.53. The highest BCUT2D eigenvalue weighted by molar-refractivity contribution is 7.99. The van der Waals surface area contributed by atoms with E-state index in [2.05, 4.69) is 43.3 Å². The standard InChI is InChI=1S/C35H34ClN7O5S2/c36-28-9-5-25(6-10-28)31-4-2-1-3-27(31)24-41-18-20-42(21-19-41)29-11-7-26(8-12-29)34(44)40-50(47,48)30-13-14-32(33(23-30)43(45)46)37-17-22-49-35-38-15-16-39-35/h1-16,23,37H,17-22,24H2,(H,38,39)(H,40,44). The highest BCUT2D eigenvalue weighted by atomic mass is 35.5. The van der Waals surface area contributed by atoms with Gasteiger partial charge in [0.15, 0.2) is 5.16 Å². The molecule has 4 aromatic carbocycles. The molecule has 12 nitrogen and oxygen atoms in total. The smallest absolute Gasteiger partial charge is 0.293 e. The molecular formula is C35H34ClN7O5S2. The number of anilines is 2. The maximum absolute atomic E-state index is 13.1. The summed E-state index contributed by atoms with van der Waals surface area (Å²) in [5.74, 6) is -0.267. The first-order chi connectivity index (χ1) is 24.2. The molecule has 258 valence electrons. The van der Waals surface area contributed by atoms with Crippen LogP contribution in [0.25, 0.3) is 11.1 Å². The Morgan fingerprint density at radius 3 is 2.42 bits per heavy atom. The van der Waals surface area contributed by atoms with E-state index in [0.717, 1.165) is 55.2 Å². The van der Waals surface area contributed by atoms with E-state index >= 15 is 0 Å². The predicted molar refractivity (Wildman–Crippen MR) is 196 cm³/mol. The number of nitro groups is 1. The molecule has 1 amide bonds. The largest absolute Gasteiger partial charge is 0.379 e. The average Bonchev–Trinajstić information content (AvgIpc) is 3.65. The number of carbonyl (C=O) groups excluding carboxylic acids is 1. The van der Waals surface area contributed by atoms with Gasteiger partial charge in [0.1, 0.15) is 5.69 Å². The van der Waals surface area contributed by atoms with Gasteiger partial charge in [-0.05, 0) is 65.2 Å². The number of halogens is 1. The molecular weight excluding hydrogens is 698 g/mol. The van der Waals surface area contributed by atoms with Gasteiger partial charge in [0.25, 0.3) is 21.6 Å². The lowest BCUT2D eigenvalue weighted by Gasteiger charge is -2.36. The predicted octanol–water partition coefficient (Wildman–Crippen LogP) is 6.28. The van der Waals surface area contributed by atoms with Crippen molar-refractivity contribution in [1.29, 1.82) is 0 Å². The van der Waals surface area contributed by atoms with Crippen molar-refractivity contribution in [2.75, 3.05) is 48.7 Å². The van der Waals surface area contributed by atoms with Crippen LogP contribution >= 0.6 is 23.4 Å². The van der Waals surface area contributed by atoms with Gasteiger partial charge < -0.3 is 15.2 Å². The molecule has 1 fully saturated rings. The summed E-state index contributed by atoms with van der Waals surface area (Å²) in [7, 11) is -4.39. The third kappa shape index (κ3) is 8.63. The molecule has 0 bridgehead atoms. The third-order valence-corrected chi connectivity index (χ3v) is 10.8. The summed E-state index contributed by atoms with van der Waals surface area (Å²) in [6.07, 6.45) is 3.32. The second-order valence-corrected chi connectivity index (χ2v) is 14.7. The molecule has 1 aliphatic heterocycles. The van der Waals surface area contributed by atoms with Gasteiger partial charge in [-0.3, -0.25) is 19.8 Å². The van der Waals surface area contributed by atoms with Crippen molar-refractivity contribution in [3.63, 3.8) is 0 Å². The van der Waals surface area contributed by atoms with Crippen molar-refractivity contribution in [2.45, 2.75) is 16.6 Å². The van der Waals surface area contributed by atoms with E-state index in [-0.39, 0.29) is 11.3 Å². The van der Waals surface area contributed by atoms with Crippen LogP contribution in [0.5, 0.6) is 0 Å². The number of H-pyrrole nitrogens is 1. The van der Waals surface area contributed by atoms with Gasteiger partial charge in [-0.2, -0.15) is 0 Å². The molecule has 1 aromatic heterocycles. The maximum Gasteiger partial charge on any atom is 0.293 e. The Labute approximate surface area is 299 Å². The first-order valence-corrected chi connectivity index (χ1v) is 18.6. The number of hydrogen-bond donors (Lipinski definition) is 3. The van der Waals surface area contributed by atoms with E-state index in [0.29, 0.717) is 17.3 Å². The van der Waals surface area contributed by atoms with Gasteiger partial charge in [-0.15, -0.1) is 0 Å². The average molecular weight is 732 g/mol. The van der Waals surface area contributed by atoms with Crippen molar-refractivity contribution in [2.24, 2.45) is 0 Å². The van der Waals surface area contributed by atoms with E-state index in [1.807, 2.05) is 35.1 Å². The molecule has 0 unspecified atom stereocenters. The van der Waals surface area contributed by atoms with Crippen LogP contribution in [-0.4, -0.2) is 72.6 Å². The van der Waals surface area contributed by atoms with Crippen LogP contribution in [0.4, 0.5) is 17.1 Å². The number of hydrogen-bond acceptors (Lipinski definition) is 10. The Morgan fingerprint density at radius 2 is 1.72 bits per heavy atom.